The second kappa shape index (κ2) is 3.74. The second-order valence-corrected chi connectivity index (χ2v) is 7.92. The van der Waals surface area contributed by atoms with Gasteiger partial charge in [-0.05, 0) is 0 Å². The molecular weight excluding hydrogens is 438 g/mol. The van der Waals surface area contributed by atoms with Crippen LogP contribution in [0.2, 0.25) is 0 Å². The first-order valence-corrected chi connectivity index (χ1v) is 8.96. The summed E-state index contributed by atoms with van der Waals surface area (Å²) in [5.41, 5.74) is 3.88. The van der Waals surface area contributed by atoms with Gasteiger partial charge < -0.3 is 0 Å². The van der Waals surface area contributed by atoms with Crippen LogP contribution in [-0.4, -0.2) is 9.54 Å². The Labute approximate surface area is 123 Å². The molecule has 1 aromatic heterocycles. The minimum atomic E-state index is 0.328. The Balaban J connectivity index is 2.05. The summed E-state index contributed by atoms with van der Waals surface area (Å²) in [5.74, 6) is 0. The Morgan fingerprint density at radius 2 is 1.94 bits per heavy atom. The Morgan fingerprint density at radius 3 is 2.76 bits per heavy atom. The third-order valence-corrected chi connectivity index (χ3v) is 5.66. The number of benzene rings is 2. The quantitative estimate of drug-likeness (QED) is 0.192. The molecule has 1 aliphatic rings. The minimum absolute atomic E-state index is 0.328. The summed E-state index contributed by atoms with van der Waals surface area (Å²) >= 11 is 2.70. The number of aromatic amines is 1. The van der Waals surface area contributed by atoms with E-state index >= 15 is 0 Å². The molecule has 0 saturated carbocycles. The van der Waals surface area contributed by atoms with Crippen LogP contribution in [0.25, 0.3) is 21.8 Å². The second-order valence-electron chi connectivity index (χ2n) is 4.15. The first-order chi connectivity index (χ1) is 8.31. The fourth-order valence-electron chi connectivity index (χ4n) is 2.18. The molecule has 17 heavy (non-hydrogen) atoms. The molecule has 0 bridgehead atoms. The van der Waals surface area contributed by atoms with E-state index in [-0.39, 0.29) is 0 Å². The van der Waals surface area contributed by atoms with E-state index in [0.29, 0.717) is 21.5 Å². The van der Waals surface area contributed by atoms with E-state index in [9.17, 15) is 0 Å². The summed E-state index contributed by atoms with van der Waals surface area (Å²) < 4.78 is 5.08. The molecule has 0 unspecified atom stereocenters. The van der Waals surface area contributed by atoms with Crippen molar-refractivity contribution in [2.75, 3.05) is 7.66 Å². The SMILES string of the molecule is Ic1ccc2[nH]c3cc(N4C[I-]4)ccc3c2c1. The molecule has 4 heteroatoms. The van der Waals surface area contributed by atoms with Crippen molar-refractivity contribution in [3.8, 4) is 0 Å². The van der Waals surface area contributed by atoms with Crippen LogP contribution in [0, 0.1) is 3.57 Å². The first-order valence-electron chi connectivity index (χ1n) is 5.39. The fraction of sp³-hybridized carbons (Fsp3) is 0.0769. The Hall–Kier alpha value is -0.500. The zero-order valence-corrected chi connectivity index (χ0v) is 13.2. The maximum atomic E-state index is 3.51. The molecule has 0 atom stereocenters. The molecule has 0 spiro atoms. The number of hydrogen-bond acceptors (Lipinski definition) is 1. The predicted molar refractivity (Wildman–Crippen MR) is 75.9 cm³/mol. The maximum absolute atomic E-state index is 3.51. The van der Waals surface area contributed by atoms with Gasteiger partial charge in [0.25, 0.3) is 0 Å². The van der Waals surface area contributed by atoms with Gasteiger partial charge in [0.05, 0.1) is 0 Å². The number of H-pyrrole nitrogens is 1. The molecule has 4 rings (SSSR count). The molecule has 3 aromatic rings. The predicted octanol–water partition coefficient (Wildman–Crippen LogP) is 0.707. The van der Waals surface area contributed by atoms with E-state index in [4.69, 9.17) is 0 Å². The molecule has 2 heterocycles. The van der Waals surface area contributed by atoms with E-state index in [1.807, 2.05) is 0 Å². The molecule has 1 fully saturated rings. The standard InChI is InChI=1S/C13H9I2N2/c14-8-1-4-12-11(5-8)10-3-2-9(17-7-15-17)6-13(10)16-12/h1-6,16H,7H2/q-1. The van der Waals surface area contributed by atoms with Gasteiger partial charge in [-0.25, -0.2) is 0 Å². The number of anilines is 1. The van der Waals surface area contributed by atoms with Crippen molar-refractivity contribution in [3.63, 3.8) is 0 Å². The molecule has 1 aliphatic heterocycles. The van der Waals surface area contributed by atoms with Crippen molar-refractivity contribution in [3.05, 3.63) is 40.0 Å². The average molecular weight is 447 g/mol. The normalized spacial score (nSPS) is 15.2. The van der Waals surface area contributed by atoms with Crippen molar-refractivity contribution < 1.29 is 21.5 Å². The van der Waals surface area contributed by atoms with E-state index in [1.54, 1.807) is 0 Å². The zero-order valence-electron chi connectivity index (χ0n) is 8.87. The van der Waals surface area contributed by atoms with Crippen molar-refractivity contribution in [2.24, 2.45) is 0 Å². The van der Waals surface area contributed by atoms with Crippen LogP contribution in [0.1, 0.15) is 0 Å². The number of aromatic nitrogens is 1. The molecule has 2 nitrogen and oxygen atoms in total. The van der Waals surface area contributed by atoms with Crippen LogP contribution >= 0.6 is 22.6 Å². The monoisotopic (exact) mass is 447 g/mol. The molecule has 0 amide bonds. The number of rotatable bonds is 1. The summed E-state index contributed by atoms with van der Waals surface area (Å²) in [6.45, 7) is 0. The number of nitrogens with one attached hydrogen (secondary N) is 1. The van der Waals surface area contributed by atoms with Crippen LogP contribution in [0.4, 0.5) is 5.69 Å². The van der Waals surface area contributed by atoms with Crippen molar-refractivity contribution >= 4 is 50.1 Å². The van der Waals surface area contributed by atoms with E-state index in [0.717, 1.165) is 0 Å². The summed E-state index contributed by atoms with van der Waals surface area (Å²) in [6, 6.07) is 13.4. The van der Waals surface area contributed by atoms with Gasteiger partial charge in [-0.3, -0.25) is 0 Å². The molecule has 0 radical (unpaired) electrons. The van der Waals surface area contributed by atoms with Gasteiger partial charge in [0.1, 0.15) is 0 Å². The van der Waals surface area contributed by atoms with Crippen LogP contribution in [-0.2, 0) is 0 Å². The number of alkyl halides is 1. The van der Waals surface area contributed by atoms with Gasteiger partial charge in [-0.15, -0.1) is 0 Å². The van der Waals surface area contributed by atoms with Gasteiger partial charge >= 0.3 is 124 Å². The average Bonchev–Trinajstić information content (AvgIpc) is 3.11. The van der Waals surface area contributed by atoms with Crippen LogP contribution in [0.15, 0.2) is 36.4 Å². The van der Waals surface area contributed by atoms with E-state index in [2.05, 4.69) is 67.1 Å². The summed E-state index contributed by atoms with van der Waals surface area (Å²) in [4.78, 5) is 3.51. The fourth-order valence-corrected chi connectivity index (χ4v) is 3.91. The Bertz CT molecular complexity index is 729. The molecule has 1 saturated heterocycles. The number of hydrogen-bond donors (Lipinski definition) is 1. The topological polar surface area (TPSA) is 18.8 Å². The summed E-state index contributed by atoms with van der Waals surface area (Å²) in [6.07, 6.45) is 0. The molecule has 0 aliphatic carbocycles. The van der Waals surface area contributed by atoms with Crippen molar-refractivity contribution in [2.45, 2.75) is 0 Å². The number of halogens is 2. The molecular formula is C13H9I2N2-. The summed E-state index contributed by atoms with van der Waals surface area (Å²) in [7, 11) is 0. The van der Waals surface area contributed by atoms with Crippen LogP contribution in [0.3, 0.4) is 0 Å². The van der Waals surface area contributed by atoms with Crippen molar-refractivity contribution in [1.82, 2.24) is 4.98 Å². The first kappa shape index (κ1) is 10.4. The van der Waals surface area contributed by atoms with Gasteiger partial charge in [-0.2, -0.15) is 0 Å². The number of fused-ring (bicyclic) bond motifs is 3. The van der Waals surface area contributed by atoms with Crippen molar-refractivity contribution in [1.29, 1.82) is 0 Å². The molecule has 1 N–H and O–H groups in total. The van der Waals surface area contributed by atoms with Crippen LogP contribution in [0.5, 0.6) is 0 Å². The third kappa shape index (κ3) is 1.72. The number of nitrogens with zero attached hydrogens (tertiary/aromatic N) is 1. The zero-order chi connectivity index (χ0) is 11.4. The molecule has 2 aromatic carbocycles. The van der Waals surface area contributed by atoms with Gasteiger partial charge in [0.2, 0.25) is 0 Å². The van der Waals surface area contributed by atoms with E-state index in [1.165, 1.54) is 35.6 Å². The molecule has 86 valence electrons. The van der Waals surface area contributed by atoms with Gasteiger partial charge in [0, 0.05) is 0 Å². The Kier molecular flexibility index (Phi) is 2.30. The Morgan fingerprint density at radius 1 is 1.06 bits per heavy atom. The van der Waals surface area contributed by atoms with Gasteiger partial charge in [0.15, 0.2) is 0 Å². The summed E-state index contributed by atoms with van der Waals surface area (Å²) in [5, 5.41) is 2.67. The third-order valence-electron chi connectivity index (χ3n) is 3.06. The van der Waals surface area contributed by atoms with Gasteiger partial charge in [-0.1, -0.05) is 0 Å². The van der Waals surface area contributed by atoms with E-state index < -0.39 is 0 Å². The van der Waals surface area contributed by atoms with Crippen LogP contribution < -0.4 is 24.6 Å².